The Hall–Kier alpha value is -1.46. The van der Waals surface area contributed by atoms with Crippen LogP contribution in [0, 0.1) is 0 Å². The summed E-state index contributed by atoms with van der Waals surface area (Å²) in [7, 11) is 4.24. The van der Waals surface area contributed by atoms with Gasteiger partial charge in [-0.3, -0.25) is 0 Å². The molecule has 0 bridgehead atoms. The van der Waals surface area contributed by atoms with Crippen LogP contribution in [0.5, 0.6) is 0 Å². The van der Waals surface area contributed by atoms with Crippen LogP contribution in [-0.4, -0.2) is 49.2 Å². The van der Waals surface area contributed by atoms with Gasteiger partial charge in [0.15, 0.2) is 5.84 Å². The van der Waals surface area contributed by atoms with Crippen molar-refractivity contribution >= 4 is 23.1 Å². The molecule has 1 aliphatic rings. The third-order valence-corrected chi connectivity index (χ3v) is 4.29. The van der Waals surface area contributed by atoms with Crippen LogP contribution in [0.25, 0.3) is 0 Å². The lowest BCUT2D eigenvalue weighted by molar-refractivity contribution is 0.253. The first-order valence-electron chi connectivity index (χ1n) is 6.71. The summed E-state index contributed by atoms with van der Waals surface area (Å²) >= 11 is 6.20. The van der Waals surface area contributed by atoms with E-state index < -0.39 is 0 Å². The molecular formula is C14H21ClN4O. The number of likely N-dealkylation sites (tertiary alicyclic amines) is 1. The summed E-state index contributed by atoms with van der Waals surface area (Å²) in [5.41, 5.74) is 7.18. The van der Waals surface area contributed by atoms with Crippen molar-refractivity contribution in [3.05, 3.63) is 28.8 Å². The van der Waals surface area contributed by atoms with Gasteiger partial charge in [0, 0.05) is 24.3 Å². The molecule has 1 aromatic rings. The van der Waals surface area contributed by atoms with Gasteiger partial charge in [-0.05, 0) is 51.2 Å². The van der Waals surface area contributed by atoms with E-state index in [0.29, 0.717) is 16.6 Å². The summed E-state index contributed by atoms with van der Waals surface area (Å²) in [6.07, 6.45) is 2.29. The average Bonchev–Trinajstić information content (AvgIpc) is 2.46. The Kier molecular flexibility index (Phi) is 4.73. The predicted octanol–water partition coefficient (Wildman–Crippen LogP) is 1.96. The van der Waals surface area contributed by atoms with Gasteiger partial charge in [-0.15, -0.1) is 0 Å². The fourth-order valence-corrected chi connectivity index (χ4v) is 2.85. The smallest absolute Gasteiger partial charge is 0.171 e. The molecule has 110 valence electrons. The third-order valence-electron chi connectivity index (χ3n) is 3.98. The standard InChI is InChI=1S/C14H21ClN4O/c1-18-7-5-10(6-8-18)19(2)11-3-4-12(13(15)9-11)14(16)17-20/h3-4,9-10,20H,5-8H2,1-2H3,(H2,16,17). The van der Waals surface area contributed by atoms with Crippen molar-refractivity contribution in [1.29, 1.82) is 0 Å². The minimum atomic E-state index is 0.0310. The molecule has 1 fully saturated rings. The molecule has 0 atom stereocenters. The highest BCUT2D eigenvalue weighted by atomic mass is 35.5. The molecule has 0 radical (unpaired) electrons. The summed E-state index contributed by atoms with van der Waals surface area (Å²) in [6, 6.07) is 6.14. The molecule has 0 aliphatic carbocycles. The quantitative estimate of drug-likeness (QED) is 0.387. The number of nitrogens with zero attached hydrogens (tertiary/aromatic N) is 3. The van der Waals surface area contributed by atoms with E-state index in [1.54, 1.807) is 6.07 Å². The van der Waals surface area contributed by atoms with Crippen LogP contribution < -0.4 is 10.6 Å². The molecule has 0 unspecified atom stereocenters. The van der Waals surface area contributed by atoms with Gasteiger partial charge in [0.05, 0.1) is 5.02 Å². The Morgan fingerprint density at radius 2 is 2.10 bits per heavy atom. The van der Waals surface area contributed by atoms with Crippen molar-refractivity contribution < 1.29 is 5.21 Å². The summed E-state index contributed by atoms with van der Waals surface area (Å²) < 4.78 is 0. The summed E-state index contributed by atoms with van der Waals surface area (Å²) in [5, 5.41) is 12.2. The molecule has 5 nitrogen and oxygen atoms in total. The molecule has 0 spiro atoms. The molecular weight excluding hydrogens is 276 g/mol. The maximum atomic E-state index is 8.71. The van der Waals surface area contributed by atoms with Crippen LogP contribution in [-0.2, 0) is 0 Å². The van der Waals surface area contributed by atoms with Crippen molar-refractivity contribution in [1.82, 2.24) is 4.90 Å². The highest BCUT2D eigenvalue weighted by molar-refractivity contribution is 6.34. The van der Waals surface area contributed by atoms with Gasteiger partial charge < -0.3 is 20.7 Å². The fraction of sp³-hybridized carbons (Fsp3) is 0.500. The molecule has 6 heteroatoms. The summed E-state index contributed by atoms with van der Waals surface area (Å²) in [6.45, 7) is 2.23. The van der Waals surface area contributed by atoms with Crippen molar-refractivity contribution in [3.63, 3.8) is 0 Å². The molecule has 3 N–H and O–H groups in total. The maximum absolute atomic E-state index is 8.71. The zero-order chi connectivity index (χ0) is 14.7. The second kappa shape index (κ2) is 6.33. The molecule has 1 heterocycles. The van der Waals surface area contributed by atoms with Crippen molar-refractivity contribution in [3.8, 4) is 0 Å². The number of nitrogens with two attached hydrogens (primary N) is 1. The van der Waals surface area contributed by atoms with Gasteiger partial charge in [-0.1, -0.05) is 16.8 Å². The molecule has 2 rings (SSSR count). The molecule has 0 saturated carbocycles. The first kappa shape index (κ1) is 14.9. The monoisotopic (exact) mass is 296 g/mol. The van der Waals surface area contributed by atoms with Crippen LogP contribution in [0.3, 0.4) is 0 Å². The van der Waals surface area contributed by atoms with Gasteiger partial charge in [0.2, 0.25) is 0 Å². The van der Waals surface area contributed by atoms with Gasteiger partial charge in [-0.2, -0.15) is 0 Å². The van der Waals surface area contributed by atoms with Crippen LogP contribution in [0.1, 0.15) is 18.4 Å². The fourth-order valence-electron chi connectivity index (χ4n) is 2.58. The number of hydrogen-bond donors (Lipinski definition) is 2. The second-order valence-electron chi connectivity index (χ2n) is 5.29. The van der Waals surface area contributed by atoms with E-state index in [0.717, 1.165) is 31.6 Å². The van der Waals surface area contributed by atoms with E-state index in [1.165, 1.54) is 0 Å². The van der Waals surface area contributed by atoms with Crippen LogP contribution in [0.4, 0.5) is 5.69 Å². The minimum absolute atomic E-state index is 0.0310. The maximum Gasteiger partial charge on any atom is 0.171 e. The first-order valence-corrected chi connectivity index (χ1v) is 7.09. The molecule has 1 saturated heterocycles. The Morgan fingerprint density at radius 3 is 2.65 bits per heavy atom. The second-order valence-corrected chi connectivity index (χ2v) is 5.70. The number of benzene rings is 1. The normalized spacial score (nSPS) is 18.2. The number of halogens is 1. The number of rotatable bonds is 3. The van der Waals surface area contributed by atoms with Gasteiger partial charge in [0.1, 0.15) is 0 Å². The van der Waals surface area contributed by atoms with E-state index >= 15 is 0 Å². The lowest BCUT2D eigenvalue weighted by Gasteiger charge is -2.36. The molecule has 20 heavy (non-hydrogen) atoms. The average molecular weight is 297 g/mol. The Morgan fingerprint density at radius 1 is 1.45 bits per heavy atom. The topological polar surface area (TPSA) is 65.1 Å². The highest BCUT2D eigenvalue weighted by Gasteiger charge is 2.21. The molecule has 1 aliphatic heterocycles. The zero-order valence-electron chi connectivity index (χ0n) is 11.9. The van der Waals surface area contributed by atoms with E-state index in [9.17, 15) is 0 Å². The SMILES string of the molecule is CN1CCC(N(C)c2ccc(C(N)=NO)c(Cl)c2)CC1. The van der Waals surface area contributed by atoms with Gasteiger partial charge >= 0.3 is 0 Å². The number of oxime groups is 1. The Labute approximate surface area is 124 Å². The van der Waals surface area contributed by atoms with Crippen molar-refractivity contribution in [2.24, 2.45) is 10.9 Å². The number of amidine groups is 1. The molecule has 0 amide bonds. The first-order chi connectivity index (χ1) is 9.52. The Balaban J connectivity index is 2.15. The number of piperidine rings is 1. The van der Waals surface area contributed by atoms with Crippen molar-refractivity contribution in [2.45, 2.75) is 18.9 Å². The third kappa shape index (κ3) is 3.16. The lowest BCUT2D eigenvalue weighted by atomic mass is 10.0. The van der Waals surface area contributed by atoms with Gasteiger partial charge in [-0.25, -0.2) is 0 Å². The molecule has 0 aromatic heterocycles. The predicted molar refractivity (Wildman–Crippen MR) is 82.9 cm³/mol. The largest absolute Gasteiger partial charge is 0.409 e. The Bertz CT molecular complexity index is 498. The number of hydrogen-bond acceptors (Lipinski definition) is 4. The minimum Gasteiger partial charge on any atom is -0.409 e. The zero-order valence-corrected chi connectivity index (χ0v) is 12.6. The lowest BCUT2D eigenvalue weighted by Crippen LogP contribution is -2.42. The highest BCUT2D eigenvalue weighted by Crippen LogP contribution is 2.26. The molecule has 1 aromatic carbocycles. The van der Waals surface area contributed by atoms with E-state index in [4.69, 9.17) is 22.5 Å². The van der Waals surface area contributed by atoms with Crippen LogP contribution in [0.15, 0.2) is 23.4 Å². The number of anilines is 1. The van der Waals surface area contributed by atoms with Crippen LogP contribution in [0.2, 0.25) is 5.02 Å². The van der Waals surface area contributed by atoms with E-state index in [2.05, 4.69) is 29.1 Å². The van der Waals surface area contributed by atoms with Gasteiger partial charge in [0.25, 0.3) is 0 Å². The van der Waals surface area contributed by atoms with Crippen molar-refractivity contribution in [2.75, 3.05) is 32.1 Å². The van der Waals surface area contributed by atoms with E-state index in [-0.39, 0.29) is 5.84 Å². The van der Waals surface area contributed by atoms with Crippen LogP contribution >= 0.6 is 11.6 Å². The summed E-state index contributed by atoms with van der Waals surface area (Å²) in [4.78, 5) is 4.60. The van der Waals surface area contributed by atoms with E-state index in [1.807, 2.05) is 12.1 Å². The summed E-state index contributed by atoms with van der Waals surface area (Å²) in [5.74, 6) is 0.0310.